The summed E-state index contributed by atoms with van der Waals surface area (Å²) in [6.45, 7) is 2.79. The van der Waals surface area contributed by atoms with E-state index in [4.69, 9.17) is 10.3 Å². The number of hydrogen-bond acceptors (Lipinski definition) is 5. The minimum absolute atomic E-state index is 0.289. The first kappa shape index (κ1) is 13.5. The van der Waals surface area contributed by atoms with Gasteiger partial charge in [0, 0.05) is 37.3 Å². The van der Waals surface area contributed by atoms with E-state index in [2.05, 4.69) is 15.2 Å². The second-order valence-corrected chi connectivity index (χ2v) is 6.24. The van der Waals surface area contributed by atoms with Crippen molar-refractivity contribution in [2.75, 3.05) is 13.1 Å². The molecule has 2 aromatic rings. The number of carbonyl (C=O) groups excluding carboxylic acids is 1. The van der Waals surface area contributed by atoms with Gasteiger partial charge in [-0.25, -0.2) is 0 Å². The molecule has 7 nitrogen and oxygen atoms in total. The van der Waals surface area contributed by atoms with Crippen LogP contribution in [0.5, 0.6) is 0 Å². The maximum absolute atomic E-state index is 11.2. The van der Waals surface area contributed by atoms with E-state index in [0.717, 1.165) is 31.8 Å². The van der Waals surface area contributed by atoms with Gasteiger partial charge >= 0.3 is 0 Å². The van der Waals surface area contributed by atoms with E-state index in [-0.39, 0.29) is 6.04 Å². The summed E-state index contributed by atoms with van der Waals surface area (Å²) in [5.41, 5.74) is 6.95. The van der Waals surface area contributed by atoms with E-state index < -0.39 is 5.91 Å². The average Bonchev–Trinajstić information content (AvgIpc) is 2.96. The molecule has 1 saturated carbocycles. The molecule has 1 amide bonds. The highest BCUT2D eigenvalue weighted by atomic mass is 16.5. The third-order valence-electron chi connectivity index (χ3n) is 4.53. The Morgan fingerprint density at radius 3 is 2.95 bits per heavy atom. The van der Waals surface area contributed by atoms with Crippen molar-refractivity contribution >= 4 is 5.91 Å². The molecule has 0 bridgehead atoms. The standard InChI is InChI=1S/C15H19N5O2/c16-15(21)12-5-17-20(8-12)13-3-4-19(9-13)7-11-6-18-22-14(11)10-1-2-10/h5-6,8,10,13H,1-4,7,9H2,(H2,16,21). The van der Waals surface area contributed by atoms with Crippen LogP contribution < -0.4 is 5.73 Å². The predicted octanol–water partition coefficient (Wildman–Crippen LogP) is 1.29. The van der Waals surface area contributed by atoms with Gasteiger partial charge in [-0.3, -0.25) is 14.4 Å². The van der Waals surface area contributed by atoms with Crippen LogP contribution in [0.25, 0.3) is 0 Å². The highest BCUT2D eigenvalue weighted by molar-refractivity contribution is 5.92. The molecule has 22 heavy (non-hydrogen) atoms. The minimum atomic E-state index is -0.431. The topological polar surface area (TPSA) is 90.2 Å². The molecule has 1 saturated heterocycles. The lowest BCUT2D eigenvalue weighted by Gasteiger charge is -2.15. The summed E-state index contributed by atoms with van der Waals surface area (Å²) in [6, 6.07) is 0.289. The summed E-state index contributed by atoms with van der Waals surface area (Å²) in [4.78, 5) is 13.5. The van der Waals surface area contributed by atoms with E-state index in [9.17, 15) is 4.79 Å². The van der Waals surface area contributed by atoms with Gasteiger partial charge in [0.15, 0.2) is 0 Å². The van der Waals surface area contributed by atoms with Gasteiger partial charge in [-0.2, -0.15) is 5.10 Å². The maximum Gasteiger partial charge on any atom is 0.251 e. The van der Waals surface area contributed by atoms with Crippen LogP contribution in [-0.2, 0) is 6.54 Å². The average molecular weight is 301 g/mol. The monoisotopic (exact) mass is 301 g/mol. The molecule has 116 valence electrons. The van der Waals surface area contributed by atoms with Gasteiger partial charge in [0.1, 0.15) is 5.76 Å². The fourth-order valence-corrected chi connectivity index (χ4v) is 3.15. The molecular weight excluding hydrogens is 282 g/mol. The highest BCUT2D eigenvalue weighted by Crippen LogP contribution is 2.42. The van der Waals surface area contributed by atoms with Crippen molar-refractivity contribution in [3.63, 3.8) is 0 Å². The summed E-state index contributed by atoms with van der Waals surface area (Å²) in [5.74, 6) is 1.22. The molecular formula is C15H19N5O2. The van der Waals surface area contributed by atoms with Crippen LogP contribution in [0, 0.1) is 0 Å². The maximum atomic E-state index is 11.2. The van der Waals surface area contributed by atoms with Crippen LogP contribution in [0.15, 0.2) is 23.1 Å². The quantitative estimate of drug-likeness (QED) is 0.898. The molecule has 1 atom stereocenters. The van der Waals surface area contributed by atoms with Gasteiger partial charge < -0.3 is 10.3 Å². The van der Waals surface area contributed by atoms with E-state index in [1.807, 2.05) is 10.9 Å². The zero-order valence-electron chi connectivity index (χ0n) is 12.3. The number of rotatable bonds is 5. The van der Waals surface area contributed by atoms with E-state index in [0.29, 0.717) is 11.5 Å². The van der Waals surface area contributed by atoms with Crippen molar-refractivity contribution in [1.82, 2.24) is 19.8 Å². The lowest BCUT2D eigenvalue weighted by Crippen LogP contribution is -2.21. The van der Waals surface area contributed by atoms with Gasteiger partial charge in [0.05, 0.1) is 24.0 Å². The molecule has 4 rings (SSSR count). The molecule has 2 fully saturated rings. The van der Waals surface area contributed by atoms with Crippen LogP contribution in [-0.4, -0.2) is 38.8 Å². The van der Waals surface area contributed by atoms with Crippen LogP contribution in [0.3, 0.4) is 0 Å². The summed E-state index contributed by atoms with van der Waals surface area (Å²) >= 11 is 0. The number of primary amides is 1. The molecule has 2 N–H and O–H groups in total. The van der Waals surface area contributed by atoms with Gasteiger partial charge in [-0.1, -0.05) is 5.16 Å². The van der Waals surface area contributed by atoms with Crippen molar-refractivity contribution in [2.24, 2.45) is 5.73 Å². The Morgan fingerprint density at radius 1 is 1.36 bits per heavy atom. The third-order valence-corrected chi connectivity index (χ3v) is 4.53. The van der Waals surface area contributed by atoms with Crippen LogP contribution in [0.4, 0.5) is 0 Å². The van der Waals surface area contributed by atoms with Gasteiger partial charge in [0.2, 0.25) is 0 Å². The van der Waals surface area contributed by atoms with Crippen LogP contribution in [0.1, 0.15) is 52.9 Å². The fraction of sp³-hybridized carbons (Fsp3) is 0.533. The number of aromatic nitrogens is 3. The Bertz CT molecular complexity index is 688. The Kier molecular flexibility index (Phi) is 3.22. The zero-order chi connectivity index (χ0) is 15.1. The molecule has 3 heterocycles. The highest BCUT2D eigenvalue weighted by Gasteiger charge is 2.32. The smallest absolute Gasteiger partial charge is 0.251 e. The Morgan fingerprint density at radius 2 is 2.23 bits per heavy atom. The SMILES string of the molecule is NC(=O)c1cnn(C2CCN(Cc3cnoc3C3CC3)C2)c1. The molecule has 1 unspecified atom stereocenters. The fourth-order valence-electron chi connectivity index (χ4n) is 3.15. The Balaban J connectivity index is 1.41. The summed E-state index contributed by atoms with van der Waals surface area (Å²) in [6.07, 6.45) is 8.58. The van der Waals surface area contributed by atoms with Crippen LogP contribution >= 0.6 is 0 Å². The molecule has 0 radical (unpaired) electrons. The first-order valence-electron chi connectivity index (χ1n) is 7.70. The minimum Gasteiger partial charge on any atom is -0.366 e. The van der Waals surface area contributed by atoms with E-state index in [1.54, 1.807) is 6.20 Å². The second kappa shape index (κ2) is 5.24. The van der Waals surface area contributed by atoms with Crippen molar-refractivity contribution in [3.8, 4) is 0 Å². The summed E-state index contributed by atoms with van der Waals surface area (Å²) in [5, 5.41) is 8.22. The molecule has 7 heteroatoms. The van der Waals surface area contributed by atoms with Crippen molar-refractivity contribution in [2.45, 2.75) is 37.8 Å². The van der Waals surface area contributed by atoms with Crippen LogP contribution in [0.2, 0.25) is 0 Å². The lowest BCUT2D eigenvalue weighted by atomic mass is 10.2. The first-order chi connectivity index (χ1) is 10.7. The van der Waals surface area contributed by atoms with Crippen molar-refractivity contribution < 1.29 is 9.32 Å². The number of amides is 1. The number of hydrogen-bond donors (Lipinski definition) is 1. The number of likely N-dealkylation sites (tertiary alicyclic amines) is 1. The van der Waals surface area contributed by atoms with Gasteiger partial charge in [-0.15, -0.1) is 0 Å². The summed E-state index contributed by atoms with van der Waals surface area (Å²) in [7, 11) is 0. The summed E-state index contributed by atoms with van der Waals surface area (Å²) < 4.78 is 7.25. The predicted molar refractivity (Wildman–Crippen MR) is 78.2 cm³/mol. The second-order valence-electron chi connectivity index (χ2n) is 6.24. The molecule has 2 aliphatic rings. The molecule has 1 aliphatic heterocycles. The molecule has 2 aromatic heterocycles. The number of nitrogens with two attached hydrogens (primary N) is 1. The normalized spacial score (nSPS) is 22.3. The Labute approximate surface area is 128 Å². The molecule has 0 aromatic carbocycles. The van der Waals surface area contributed by atoms with Gasteiger partial charge in [0.25, 0.3) is 5.91 Å². The lowest BCUT2D eigenvalue weighted by molar-refractivity contribution is 0.1000. The van der Waals surface area contributed by atoms with Crippen molar-refractivity contribution in [3.05, 3.63) is 35.5 Å². The van der Waals surface area contributed by atoms with E-state index >= 15 is 0 Å². The molecule has 0 spiro atoms. The number of nitrogens with zero attached hydrogens (tertiary/aromatic N) is 4. The van der Waals surface area contributed by atoms with E-state index in [1.165, 1.54) is 24.6 Å². The first-order valence-corrected chi connectivity index (χ1v) is 7.70. The van der Waals surface area contributed by atoms with Crippen molar-refractivity contribution in [1.29, 1.82) is 0 Å². The largest absolute Gasteiger partial charge is 0.366 e. The van der Waals surface area contributed by atoms with Gasteiger partial charge in [-0.05, 0) is 19.3 Å². The number of carbonyl (C=O) groups is 1. The third kappa shape index (κ3) is 2.52. The Hall–Kier alpha value is -2.15. The zero-order valence-corrected chi connectivity index (χ0v) is 12.3. The molecule has 1 aliphatic carbocycles.